The van der Waals surface area contributed by atoms with Crippen LogP contribution < -0.4 is 0 Å². The zero-order valence-electron chi connectivity index (χ0n) is 12.8. The molecule has 0 fully saturated rings. The van der Waals surface area contributed by atoms with E-state index in [9.17, 15) is 22.8 Å². The molecule has 0 aliphatic heterocycles. The quantitative estimate of drug-likeness (QED) is 0.262. The molecule has 1 atom stereocenters. The van der Waals surface area contributed by atoms with Crippen LogP contribution in [0.1, 0.15) is 10.4 Å². The molecular formula is C17H11ClF3NO3. The number of ketones is 1. The Kier molecular flexibility index (Phi) is 5.93. The summed E-state index contributed by atoms with van der Waals surface area (Å²) in [6.07, 6.45) is 0.971. The number of aliphatic imine (C=N–C) groups is 1. The minimum Gasteiger partial charge on any atom is -0.468 e. The molecule has 0 bridgehead atoms. The van der Waals surface area contributed by atoms with Gasteiger partial charge in [0.2, 0.25) is 0 Å². The van der Waals surface area contributed by atoms with E-state index in [1.54, 1.807) is 0 Å². The van der Waals surface area contributed by atoms with Crippen LogP contribution in [-0.2, 0) is 9.53 Å². The van der Waals surface area contributed by atoms with Crippen LogP contribution in [0.4, 0.5) is 18.9 Å². The number of esters is 1. The number of carbonyl (C=O) groups is 2. The highest BCUT2D eigenvalue weighted by Gasteiger charge is 2.29. The van der Waals surface area contributed by atoms with Crippen LogP contribution in [0.15, 0.2) is 41.4 Å². The van der Waals surface area contributed by atoms with Crippen LogP contribution in [0.5, 0.6) is 0 Å². The fraction of sp³-hybridized carbons (Fsp3) is 0.118. The van der Waals surface area contributed by atoms with Crippen LogP contribution in [0.25, 0.3) is 0 Å². The Hall–Kier alpha value is -2.67. The summed E-state index contributed by atoms with van der Waals surface area (Å²) in [7, 11) is 1.06. The van der Waals surface area contributed by atoms with Gasteiger partial charge in [-0.15, -0.1) is 0 Å². The standard InChI is InChI=1S/C17H11ClF3NO3/c1-25-17(24)12(8-22-10-4-2-9(19)3-5-10)16(23)11-6-14(20)15(21)7-13(11)18/h2-8,12H,1H3. The number of methoxy groups -OCH3 is 1. The van der Waals surface area contributed by atoms with Gasteiger partial charge in [-0.25, -0.2) is 13.2 Å². The molecule has 2 aromatic rings. The first kappa shape index (κ1) is 18.7. The van der Waals surface area contributed by atoms with E-state index in [0.29, 0.717) is 12.1 Å². The Morgan fingerprint density at radius 3 is 2.32 bits per heavy atom. The maximum absolute atomic E-state index is 13.4. The van der Waals surface area contributed by atoms with Crippen molar-refractivity contribution in [1.29, 1.82) is 0 Å². The van der Waals surface area contributed by atoms with Gasteiger partial charge in [-0.3, -0.25) is 14.6 Å². The molecule has 0 saturated carbocycles. The summed E-state index contributed by atoms with van der Waals surface area (Å²) in [6, 6.07) is 6.18. The van der Waals surface area contributed by atoms with Gasteiger partial charge in [-0.05, 0) is 36.4 Å². The smallest absolute Gasteiger partial charge is 0.322 e. The van der Waals surface area contributed by atoms with Crippen molar-refractivity contribution in [3.8, 4) is 0 Å². The Morgan fingerprint density at radius 2 is 1.72 bits per heavy atom. The molecule has 0 radical (unpaired) electrons. The van der Waals surface area contributed by atoms with Crippen molar-refractivity contribution in [2.24, 2.45) is 10.9 Å². The van der Waals surface area contributed by atoms with Gasteiger partial charge in [-0.1, -0.05) is 11.6 Å². The van der Waals surface area contributed by atoms with Crippen LogP contribution >= 0.6 is 11.6 Å². The Bertz CT molecular complexity index is 838. The van der Waals surface area contributed by atoms with Crippen LogP contribution in [-0.4, -0.2) is 25.1 Å². The molecule has 2 aromatic carbocycles. The van der Waals surface area contributed by atoms with Crippen LogP contribution in [0.2, 0.25) is 5.02 Å². The van der Waals surface area contributed by atoms with E-state index in [0.717, 1.165) is 25.5 Å². The van der Waals surface area contributed by atoms with E-state index in [4.69, 9.17) is 11.6 Å². The maximum atomic E-state index is 13.4. The number of nitrogens with zero attached hydrogens (tertiary/aromatic N) is 1. The number of rotatable bonds is 5. The maximum Gasteiger partial charge on any atom is 0.322 e. The van der Waals surface area contributed by atoms with Crippen molar-refractivity contribution in [3.63, 3.8) is 0 Å². The molecule has 0 saturated heterocycles. The topological polar surface area (TPSA) is 55.7 Å². The van der Waals surface area contributed by atoms with E-state index < -0.39 is 35.1 Å². The van der Waals surface area contributed by atoms with E-state index in [1.165, 1.54) is 12.1 Å². The normalized spacial score (nSPS) is 12.2. The van der Waals surface area contributed by atoms with Gasteiger partial charge in [0.15, 0.2) is 23.3 Å². The molecule has 0 aliphatic carbocycles. The van der Waals surface area contributed by atoms with Crippen molar-refractivity contribution in [3.05, 3.63) is 64.4 Å². The van der Waals surface area contributed by atoms with E-state index in [1.807, 2.05) is 0 Å². The third-order valence-corrected chi connectivity index (χ3v) is 3.53. The third-order valence-electron chi connectivity index (χ3n) is 3.21. The molecule has 0 heterocycles. The van der Waals surface area contributed by atoms with E-state index >= 15 is 0 Å². The zero-order chi connectivity index (χ0) is 18.6. The monoisotopic (exact) mass is 369 g/mol. The lowest BCUT2D eigenvalue weighted by atomic mass is 9.98. The molecule has 0 aliphatic rings. The number of hydrogen-bond donors (Lipinski definition) is 0. The summed E-state index contributed by atoms with van der Waals surface area (Å²) in [5.41, 5.74) is -0.110. The van der Waals surface area contributed by atoms with Gasteiger partial charge in [0.1, 0.15) is 5.82 Å². The van der Waals surface area contributed by atoms with Gasteiger partial charge in [-0.2, -0.15) is 0 Å². The van der Waals surface area contributed by atoms with Crippen molar-refractivity contribution in [1.82, 2.24) is 0 Å². The summed E-state index contributed by atoms with van der Waals surface area (Å²) in [6.45, 7) is 0. The Labute approximate surface area is 145 Å². The van der Waals surface area contributed by atoms with Crippen LogP contribution in [0.3, 0.4) is 0 Å². The highest BCUT2D eigenvalue weighted by atomic mass is 35.5. The molecule has 4 nitrogen and oxygen atoms in total. The molecular weight excluding hydrogens is 359 g/mol. The van der Waals surface area contributed by atoms with Gasteiger partial charge in [0.25, 0.3) is 0 Å². The van der Waals surface area contributed by atoms with Crippen molar-refractivity contribution in [2.75, 3.05) is 7.11 Å². The lowest BCUT2D eigenvalue weighted by Gasteiger charge is -2.11. The number of Topliss-reactive ketones (excluding diaryl/α,β-unsaturated/α-hetero) is 1. The minimum absolute atomic E-state index is 0.277. The van der Waals surface area contributed by atoms with Gasteiger partial charge >= 0.3 is 5.97 Å². The van der Waals surface area contributed by atoms with Gasteiger partial charge in [0, 0.05) is 11.8 Å². The lowest BCUT2D eigenvalue weighted by molar-refractivity contribution is -0.141. The lowest BCUT2D eigenvalue weighted by Crippen LogP contribution is -2.27. The number of ether oxygens (including phenoxy) is 1. The largest absolute Gasteiger partial charge is 0.468 e. The average Bonchev–Trinajstić information content (AvgIpc) is 2.59. The minimum atomic E-state index is -1.53. The molecule has 0 amide bonds. The third kappa shape index (κ3) is 4.45. The van der Waals surface area contributed by atoms with Crippen molar-refractivity contribution >= 4 is 35.3 Å². The van der Waals surface area contributed by atoms with Gasteiger partial charge in [0.05, 0.1) is 17.8 Å². The predicted molar refractivity (Wildman–Crippen MR) is 85.8 cm³/mol. The molecule has 0 N–H and O–H groups in total. The molecule has 2 rings (SSSR count). The molecule has 8 heteroatoms. The zero-order valence-corrected chi connectivity index (χ0v) is 13.6. The number of carbonyl (C=O) groups excluding carboxylic acids is 2. The van der Waals surface area contributed by atoms with Crippen LogP contribution in [0, 0.1) is 23.4 Å². The van der Waals surface area contributed by atoms with Crippen molar-refractivity contribution in [2.45, 2.75) is 0 Å². The second-order valence-corrected chi connectivity index (χ2v) is 5.27. The highest BCUT2D eigenvalue weighted by Crippen LogP contribution is 2.23. The number of halogens is 4. The molecule has 0 aromatic heterocycles. The average molecular weight is 370 g/mol. The molecule has 0 spiro atoms. The Morgan fingerprint density at radius 1 is 1.12 bits per heavy atom. The fourth-order valence-electron chi connectivity index (χ4n) is 1.93. The number of benzene rings is 2. The first-order valence-electron chi connectivity index (χ1n) is 6.90. The summed E-state index contributed by atoms with van der Waals surface area (Å²) in [5, 5.41) is -0.354. The molecule has 25 heavy (non-hydrogen) atoms. The van der Waals surface area contributed by atoms with E-state index in [-0.39, 0.29) is 16.3 Å². The second-order valence-electron chi connectivity index (χ2n) is 4.87. The highest BCUT2D eigenvalue weighted by molar-refractivity contribution is 6.35. The molecule has 1 unspecified atom stereocenters. The second kappa shape index (κ2) is 7.94. The SMILES string of the molecule is COC(=O)C(C=Nc1ccc(F)cc1)C(=O)c1cc(F)c(F)cc1Cl. The van der Waals surface area contributed by atoms with Crippen molar-refractivity contribution < 1.29 is 27.5 Å². The molecule has 130 valence electrons. The Balaban J connectivity index is 2.37. The van der Waals surface area contributed by atoms with E-state index in [2.05, 4.69) is 9.73 Å². The first-order valence-corrected chi connectivity index (χ1v) is 7.27. The summed E-state index contributed by atoms with van der Waals surface area (Å²) in [4.78, 5) is 28.2. The summed E-state index contributed by atoms with van der Waals surface area (Å²) < 4.78 is 43.9. The fourth-order valence-corrected chi connectivity index (χ4v) is 2.17. The summed E-state index contributed by atoms with van der Waals surface area (Å²) >= 11 is 5.76. The first-order chi connectivity index (χ1) is 11.8. The number of hydrogen-bond acceptors (Lipinski definition) is 4. The summed E-state index contributed by atoms with van der Waals surface area (Å²) in [5.74, 6) is -6.40. The predicted octanol–water partition coefficient (Wildman–Crippen LogP) is 4.13. The van der Waals surface area contributed by atoms with Gasteiger partial charge < -0.3 is 4.74 Å².